The minimum Gasteiger partial charge on any atom is -0.367 e. The number of amides is 1. The highest BCUT2D eigenvalue weighted by Gasteiger charge is 2.21. The van der Waals surface area contributed by atoms with Gasteiger partial charge in [0.25, 0.3) is 5.91 Å². The smallest absolute Gasteiger partial charge is 0.251 e. The van der Waals surface area contributed by atoms with Gasteiger partial charge in [0.1, 0.15) is 0 Å². The summed E-state index contributed by atoms with van der Waals surface area (Å²) in [5, 5.41) is 2.79. The Morgan fingerprint density at radius 2 is 1.78 bits per heavy atom. The number of nitrogens with zero attached hydrogens (tertiary/aromatic N) is 1. The third-order valence-corrected chi connectivity index (χ3v) is 5.64. The molecule has 23 heavy (non-hydrogen) atoms. The summed E-state index contributed by atoms with van der Waals surface area (Å²) < 4.78 is 26.1. The summed E-state index contributed by atoms with van der Waals surface area (Å²) in [7, 11) is -3.49. The van der Waals surface area contributed by atoms with Gasteiger partial charge in [0.05, 0.1) is 4.90 Å². The van der Waals surface area contributed by atoms with Crippen molar-refractivity contribution < 1.29 is 13.2 Å². The van der Waals surface area contributed by atoms with Crippen LogP contribution in [0.5, 0.6) is 0 Å². The summed E-state index contributed by atoms with van der Waals surface area (Å²) in [6.07, 6.45) is 3.59. The molecule has 1 aromatic carbocycles. The van der Waals surface area contributed by atoms with Crippen molar-refractivity contribution in [2.45, 2.75) is 25.3 Å². The van der Waals surface area contributed by atoms with Crippen LogP contribution in [0.3, 0.4) is 0 Å². The maximum absolute atomic E-state index is 12.4. The average molecular weight is 335 g/mol. The first kappa shape index (κ1) is 17.2. The van der Waals surface area contributed by atoms with Crippen molar-refractivity contribution in [3.63, 3.8) is 0 Å². The maximum atomic E-state index is 12.4. The number of hydrogen-bond acceptors (Lipinski definition) is 3. The molecule has 0 radical (unpaired) electrons. The molecule has 1 aromatic heterocycles. The van der Waals surface area contributed by atoms with Crippen LogP contribution in [0.15, 0.2) is 47.6 Å². The highest BCUT2D eigenvalue weighted by molar-refractivity contribution is 7.89. The summed E-state index contributed by atoms with van der Waals surface area (Å²) in [4.78, 5) is 15.2. The fourth-order valence-electron chi connectivity index (χ4n) is 2.24. The molecule has 0 fully saturated rings. The van der Waals surface area contributed by atoms with Crippen molar-refractivity contribution in [1.82, 2.24) is 14.6 Å². The van der Waals surface area contributed by atoms with Crippen LogP contribution in [0, 0.1) is 0 Å². The predicted octanol–water partition coefficient (Wildman–Crippen LogP) is 1.98. The van der Waals surface area contributed by atoms with Crippen molar-refractivity contribution in [2.24, 2.45) is 0 Å². The Labute approximate surface area is 136 Å². The molecule has 1 heterocycles. The number of H-pyrrole nitrogens is 1. The molecule has 7 heteroatoms. The molecule has 1 amide bonds. The van der Waals surface area contributed by atoms with Crippen molar-refractivity contribution >= 4 is 15.9 Å². The lowest BCUT2D eigenvalue weighted by Crippen LogP contribution is -2.30. The zero-order chi connectivity index (χ0) is 16.9. The molecular formula is C16H21N3O3S. The molecule has 0 saturated heterocycles. The average Bonchev–Trinajstić information content (AvgIpc) is 3.07. The van der Waals surface area contributed by atoms with E-state index in [2.05, 4.69) is 10.3 Å². The van der Waals surface area contributed by atoms with Crippen LogP contribution >= 0.6 is 0 Å². The topological polar surface area (TPSA) is 82.3 Å². The molecule has 0 spiro atoms. The summed E-state index contributed by atoms with van der Waals surface area (Å²) in [6, 6.07) is 7.88. The lowest BCUT2D eigenvalue weighted by molar-refractivity contribution is 0.0951. The van der Waals surface area contributed by atoms with Gasteiger partial charge in [0.2, 0.25) is 10.0 Å². The molecule has 0 saturated carbocycles. The van der Waals surface area contributed by atoms with E-state index in [-0.39, 0.29) is 10.8 Å². The van der Waals surface area contributed by atoms with E-state index in [1.54, 1.807) is 26.2 Å². The van der Waals surface area contributed by atoms with E-state index in [9.17, 15) is 13.2 Å². The summed E-state index contributed by atoms with van der Waals surface area (Å²) >= 11 is 0. The number of sulfonamides is 1. The van der Waals surface area contributed by atoms with Gasteiger partial charge in [-0.05, 0) is 35.9 Å². The monoisotopic (exact) mass is 335 g/mol. The summed E-state index contributed by atoms with van der Waals surface area (Å²) in [5.41, 5.74) is 1.40. The highest BCUT2D eigenvalue weighted by atomic mass is 32.2. The van der Waals surface area contributed by atoms with Gasteiger partial charge in [0, 0.05) is 37.6 Å². The molecule has 0 aliphatic heterocycles. The second-order valence-electron chi connectivity index (χ2n) is 5.02. The van der Waals surface area contributed by atoms with Gasteiger partial charge in [-0.3, -0.25) is 4.79 Å². The Morgan fingerprint density at radius 3 is 2.30 bits per heavy atom. The number of rotatable bonds is 7. The molecule has 2 aromatic rings. The van der Waals surface area contributed by atoms with Crippen molar-refractivity contribution in [1.29, 1.82) is 0 Å². The molecule has 2 N–H and O–H groups in total. The second kappa shape index (κ2) is 7.43. The largest absolute Gasteiger partial charge is 0.367 e. The van der Waals surface area contributed by atoms with Crippen molar-refractivity contribution in [3.8, 4) is 0 Å². The predicted molar refractivity (Wildman–Crippen MR) is 88.5 cm³/mol. The summed E-state index contributed by atoms with van der Waals surface area (Å²) in [5.74, 6) is -0.238. The molecule has 0 unspecified atom stereocenters. The SMILES string of the molecule is CCN(CC)S(=O)(=O)c1ccc(C(=O)NCc2cc[nH]c2)cc1. The van der Waals surface area contributed by atoms with Gasteiger partial charge in [0.15, 0.2) is 0 Å². The molecule has 0 aliphatic rings. The number of hydrogen-bond donors (Lipinski definition) is 2. The Kier molecular flexibility index (Phi) is 5.57. The molecule has 6 nitrogen and oxygen atoms in total. The molecule has 2 rings (SSSR count). The van der Waals surface area contributed by atoms with Crippen LogP contribution in [0.4, 0.5) is 0 Å². The van der Waals surface area contributed by atoms with Crippen molar-refractivity contribution in [3.05, 3.63) is 53.9 Å². The number of aromatic amines is 1. The van der Waals surface area contributed by atoms with Gasteiger partial charge in [-0.1, -0.05) is 13.8 Å². The maximum Gasteiger partial charge on any atom is 0.251 e. The lowest BCUT2D eigenvalue weighted by atomic mass is 10.2. The molecule has 0 bridgehead atoms. The van der Waals surface area contributed by atoms with E-state index >= 15 is 0 Å². The van der Waals surface area contributed by atoms with E-state index < -0.39 is 10.0 Å². The van der Waals surface area contributed by atoms with Gasteiger partial charge >= 0.3 is 0 Å². The van der Waals surface area contributed by atoms with E-state index in [0.29, 0.717) is 25.2 Å². The van der Waals surface area contributed by atoms with Crippen LogP contribution in [-0.2, 0) is 16.6 Å². The zero-order valence-electron chi connectivity index (χ0n) is 13.2. The van der Waals surface area contributed by atoms with Gasteiger partial charge in [-0.15, -0.1) is 0 Å². The Bertz CT molecular complexity index is 733. The van der Waals surface area contributed by atoms with E-state index in [1.807, 2.05) is 6.07 Å². The third kappa shape index (κ3) is 4.00. The number of nitrogens with one attached hydrogen (secondary N) is 2. The first-order valence-electron chi connectivity index (χ1n) is 7.49. The Balaban J connectivity index is 2.08. The van der Waals surface area contributed by atoms with Crippen molar-refractivity contribution in [2.75, 3.05) is 13.1 Å². The van der Waals surface area contributed by atoms with E-state index in [1.165, 1.54) is 28.6 Å². The first-order chi connectivity index (χ1) is 11.0. The minimum absolute atomic E-state index is 0.198. The quantitative estimate of drug-likeness (QED) is 0.811. The van der Waals surface area contributed by atoms with Crippen LogP contribution in [0.2, 0.25) is 0 Å². The van der Waals surface area contributed by atoms with Gasteiger partial charge in [-0.2, -0.15) is 4.31 Å². The van der Waals surface area contributed by atoms with Crippen LogP contribution < -0.4 is 5.32 Å². The highest BCUT2D eigenvalue weighted by Crippen LogP contribution is 2.16. The summed E-state index contributed by atoms with van der Waals surface area (Å²) in [6.45, 7) is 4.84. The van der Waals surface area contributed by atoms with Crippen LogP contribution in [0.25, 0.3) is 0 Å². The zero-order valence-corrected chi connectivity index (χ0v) is 14.1. The Hall–Kier alpha value is -2.12. The second-order valence-corrected chi connectivity index (χ2v) is 6.95. The number of benzene rings is 1. The van der Waals surface area contributed by atoms with E-state index in [4.69, 9.17) is 0 Å². The van der Waals surface area contributed by atoms with Gasteiger partial charge in [-0.25, -0.2) is 8.42 Å². The minimum atomic E-state index is -3.49. The standard InChI is InChI=1S/C16H21N3O3S/c1-3-19(4-2)23(21,22)15-7-5-14(6-8-15)16(20)18-12-13-9-10-17-11-13/h5-11,17H,3-4,12H2,1-2H3,(H,18,20). The fourth-order valence-corrected chi connectivity index (χ4v) is 3.70. The van der Waals surface area contributed by atoms with Gasteiger partial charge < -0.3 is 10.3 Å². The number of aromatic nitrogens is 1. The third-order valence-electron chi connectivity index (χ3n) is 3.58. The fraction of sp³-hybridized carbons (Fsp3) is 0.312. The lowest BCUT2D eigenvalue weighted by Gasteiger charge is -2.18. The molecular weight excluding hydrogens is 314 g/mol. The Morgan fingerprint density at radius 1 is 1.13 bits per heavy atom. The normalized spacial score (nSPS) is 11.6. The molecule has 0 aliphatic carbocycles. The molecule has 0 atom stereocenters. The molecule has 124 valence electrons. The van der Waals surface area contributed by atoms with E-state index in [0.717, 1.165) is 5.56 Å². The number of carbonyl (C=O) groups is 1. The first-order valence-corrected chi connectivity index (χ1v) is 8.93. The number of carbonyl (C=O) groups excluding carboxylic acids is 1. The van der Waals surface area contributed by atoms with Crippen LogP contribution in [0.1, 0.15) is 29.8 Å². The van der Waals surface area contributed by atoms with Crippen LogP contribution in [-0.4, -0.2) is 36.7 Å².